The zero-order chi connectivity index (χ0) is 25.0. The summed E-state index contributed by atoms with van der Waals surface area (Å²) in [4.78, 5) is 44.4. The number of rotatable bonds is 5. The Morgan fingerprint density at radius 3 is 2.75 bits per heavy atom. The monoisotopic (exact) mass is 499 g/mol. The van der Waals surface area contributed by atoms with Gasteiger partial charge in [-0.25, -0.2) is 4.98 Å². The number of non-ortho nitro benzene ring substituents is 1. The molecule has 9 nitrogen and oxygen atoms in total. The maximum atomic E-state index is 13.7. The molecule has 1 aliphatic heterocycles. The topological polar surface area (TPSA) is 116 Å². The van der Waals surface area contributed by atoms with Crippen molar-refractivity contribution < 1.29 is 18.9 Å². The normalized spacial score (nSPS) is 15.0. The summed E-state index contributed by atoms with van der Waals surface area (Å²) in [5, 5.41) is 12.2. The van der Waals surface area contributed by atoms with E-state index in [4.69, 9.17) is 9.15 Å². The van der Waals surface area contributed by atoms with Gasteiger partial charge in [-0.3, -0.25) is 24.6 Å². The highest BCUT2D eigenvalue weighted by Gasteiger charge is 2.45. The number of para-hydroxylation sites is 1. The zero-order valence-electron chi connectivity index (χ0n) is 18.8. The molecule has 178 valence electrons. The molecule has 5 aromatic rings. The fraction of sp³-hybridized carbons (Fsp3) is 0.115. The maximum absolute atomic E-state index is 13.7. The fourth-order valence-electron chi connectivity index (χ4n) is 4.49. The number of thiazole rings is 1. The highest BCUT2D eigenvalue weighted by atomic mass is 32.1. The number of nitro groups is 1. The van der Waals surface area contributed by atoms with Crippen molar-refractivity contribution in [2.24, 2.45) is 0 Å². The van der Waals surface area contributed by atoms with E-state index in [-0.39, 0.29) is 22.4 Å². The van der Waals surface area contributed by atoms with Crippen molar-refractivity contribution in [1.29, 1.82) is 0 Å². The van der Waals surface area contributed by atoms with Gasteiger partial charge in [-0.2, -0.15) is 0 Å². The predicted molar refractivity (Wildman–Crippen MR) is 135 cm³/mol. The van der Waals surface area contributed by atoms with Crippen LogP contribution in [0.25, 0.3) is 21.2 Å². The van der Waals surface area contributed by atoms with E-state index in [1.807, 2.05) is 13.0 Å². The Bertz CT molecular complexity index is 1760. The summed E-state index contributed by atoms with van der Waals surface area (Å²) in [6.07, 6.45) is 0. The van der Waals surface area contributed by atoms with Crippen LogP contribution in [0, 0.1) is 10.1 Å². The second-order valence-electron chi connectivity index (χ2n) is 8.16. The van der Waals surface area contributed by atoms with Crippen molar-refractivity contribution in [3.05, 3.63) is 104 Å². The highest BCUT2D eigenvalue weighted by Crippen LogP contribution is 2.44. The Morgan fingerprint density at radius 1 is 1.11 bits per heavy atom. The summed E-state index contributed by atoms with van der Waals surface area (Å²) in [6, 6.07) is 17.1. The summed E-state index contributed by atoms with van der Waals surface area (Å²) in [6.45, 7) is 2.40. The van der Waals surface area contributed by atoms with Crippen LogP contribution in [0.2, 0.25) is 0 Å². The molecule has 0 unspecified atom stereocenters. The predicted octanol–water partition coefficient (Wildman–Crippen LogP) is 5.46. The van der Waals surface area contributed by atoms with Crippen LogP contribution in [0.1, 0.15) is 34.6 Å². The van der Waals surface area contributed by atoms with Crippen LogP contribution < -0.4 is 15.1 Å². The van der Waals surface area contributed by atoms with Crippen LogP contribution in [-0.2, 0) is 0 Å². The first-order valence-electron chi connectivity index (χ1n) is 11.1. The number of benzene rings is 3. The summed E-state index contributed by atoms with van der Waals surface area (Å²) in [7, 11) is 0. The van der Waals surface area contributed by atoms with Crippen molar-refractivity contribution in [1.82, 2.24) is 4.98 Å². The van der Waals surface area contributed by atoms with E-state index >= 15 is 0 Å². The van der Waals surface area contributed by atoms with Gasteiger partial charge in [0.1, 0.15) is 11.3 Å². The maximum Gasteiger partial charge on any atom is 0.297 e. The molecule has 3 aromatic carbocycles. The second kappa shape index (κ2) is 8.28. The minimum absolute atomic E-state index is 0.0931. The molecule has 0 radical (unpaired) electrons. The van der Waals surface area contributed by atoms with Crippen LogP contribution >= 0.6 is 11.3 Å². The third-order valence-corrected chi connectivity index (χ3v) is 7.06. The van der Waals surface area contributed by atoms with Crippen LogP contribution in [0.3, 0.4) is 0 Å². The van der Waals surface area contributed by atoms with Gasteiger partial charge in [0, 0.05) is 12.1 Å². The molecule has 0 saturated heterocycles. The number of aromatic nitrogens is 1. The molecule has 6 rings (SSSR count). The van der Waals surface area contributed by atoms with Crippen molar-refractivity contribution in [2.75, 3.05) is 11.5 Å². The molecule has 0 bridgehead atoms. The third kappa shape index (κ3) is 3.34. The smallest absolute Gasteiger partial charge is 0.297 e. The molecule has 0 saturated carbocycles. The highest BCUT2D eigenvalue weighted by molar-refractivity contribution is 7.22. The van der Waals surface area contributed by atoms with Gasteiger partial charge >= 0.3 is 0 Å². The molecule has 3 heterocycles. The van der Waals surface area contributed by atoms with E-state index in [9.17, 15) is 19.7 Å². The fourth-order valence-corrected chi connectivity index (χ4v) is 5.51. The van der Waals surface area contributed by atoms with Crippen molar-refractivity contribution in [3.8, 4) is 5.75 Å². The van der Waals surface area contributed by atoms with Gasteiger partial charge in [0.05, 0.1) is 38.7 Å². The lowest BCUT2D eigenvalue weighted by Gasteiger charge is -2.22. The summed E-state index contributed by atoms with van der Waals surface area (Å²) >= 11 is 1.26. The minimum atomic E-state index is -0.944. The van der Waals surface area contributed by atoms with Gasteiger partial charge in [0.15, 0.2) is 10.6 Å². The third-order valence-electron chi connectivity index (χ3n) is 6.04. The van der Waals surface area contributed by atoms with E-state index in [1.165, 1.54) is 34.4 Å². The van der Waals surface area contributed by atoms with Crippen LogP contribution in [0.15, 0.2) is 75.9 Å². The standard InChI is InChI=1S/C26H17N3O6S/c1-2-34-16-10-11-18-20(13-16)36-26(27-18)28-22(14-6-5-7-15(12-14)29(32)33)21-23(30)17-8-3-4-9-19(17)35-24(21)25(28)31/h3-13,22H,2H2,1H3/t22-/m1/s1. The number of hydrogen-bond acceptors (Lipinski definition) is 8. The van der Waals surface area contributed by atoms with E-state index in [0.717, 1.165) is 4.70 Å². The minimum Gasteiger partial charge on any atom is -0.494 e. The lowest BCUT2D eigenvalue weighted by atomic mass is 9.98. The number of ether oxygens (including phenoxy) is 1. The molecule has 10 heteroatoms. The molecule has 1 atom stereocenters. The Balaban J connectivity index is 1.60. The first-order valence-corrected chi connectivity index (χ1v) is 11.9. The van der Waals surface area contributed by atoms with E-state index in [0.29, 0.717) is 39.5 Å². The Morgan fingerprint density at radius 2 is 1.94 bits per heavy atom. The number of nitro benzene ring substituents is 1. The first kappa shape index (κ1) is 21.9. The zero-order valence-corrected chi connectivity index (χ0v) is 19.7. The largest absolute Gasteiger partial charge is 0.494 e. The van der Waals surface area contributed by atoms with E-state index in [1.54, 1.807) is 42.5 Å². The molecular formula is C26H17N3O6S. The van der Waals surface area contributed by atoms with Crippen LogP contribution in [-0.4, -0.2) is 22.4 Å². The summed E-state index contributed by atoms with van der Waals surface area (Å²) < 4.78 is 12.3. The number of amides is 1. The van der Waals surface area contributed by atoms with Crippen molar-refractivity contribution in [3.63, 3.8) is 0 Å². The van der Waals surface area contributed by atoms with Gasteiger partial charge in [-0.05, 0) is 42.8 Å². The Kier molecular flexibility index (Phi) is 5.04. The summed E-state index contributed by atoms with van der Waals surface area (Å²) in [5.74, 6) is 0.0486. The van der Waals surface area contributed by atoms with Gasteiger partial charge in [-0.1, -0.05) is 35.6 Å². The molecular weight excluding hydrogens is 482 g/mol. The van der Waals surface area contributed by atoms with Crippen molar-refractivity contribution in [2.45, 2.75) is 13.0 Å². The molecule has 2 aromatic heterocycles. The van der Waals surface area contributed by atoms with Crippen LogP contribution in [0.5, 0.6) is 5.75 Å². The van der Waals surface area contributed by atoms with Gasteiger partial charge in [0.2, 0.25) is 5.76 Å². The van der Waals surface area contributed by atoms with Crippen LogP contribution in [0.4, 0.5) is 10.8 Å². The number of hydrogen-bond donors (Lipinski definition) is 0. The second-order valence-corrected chi connectivity index (χ2v) is 9.17. The van der Waals surface area contributed by atoms with Gasteiger partial charge in [-0.15, -0.1) is 0 Å². The Labute approximate surface area is 207 Å². The molecule has 36 heavy (non-hydrogen) atoms. The summed E-state index contributed by atoms with van der Waals surface area (Å²) in [5.41, 5.74) is 0.981. The number of carbonyl (C=O) groups is 1. The van der Waals surface area contributed by atoms with E-state index < -0.39 is 16.9 Å². The Hall–Kier alpha value is -4.57. The first-order chi connectivity index (χ1) is 17.5. The average molecular weight is 500 g/mol. The molecule has 1 amide bonds. The number of anilines is 1. The molecule has 0 spiro atoms. The lowest BCUT2D eigenvalue weighted by Crippen LogP contribution is -2.29. The lowest BCUT2D eigenvalue weighted by molar-refractivity contribution is -0.384. The van der Waals surface area contributed by atoms with E-state index in [2.05, 4.69) is 4.98 Å². The van der Waals surface area contributed by atoms with Gasteiger partial charge < -0.3 is 9.15 Å². The molecule has 0 N–H and O–H groups in total. The number of nitrogens with zero attached hydrogens (tertiary/aromatic N) is 3. The van der Waals surface area contributed by atoms with Crippen molar-refractivity contribution >= 4 is 49.2 Å². The molecule has 0 aliphatic carbocycles. The molecule has 1 aliphatic rings. The number of fused-ring (bicyclic) bond motifs is 3. The molecule has 0 fully saturated rings. The quantitative estimate of drug-likeness (QED) is 0.233. The SMILES string of the molecule is CCOc1ccc2nc(N3C(=O)c4oc5ccccc5c(=O)c4[C@H]3c3cccc([N+](=O)[O-])c3)sc2c1. The number of carbonyl (C=O) groups excluding carboxylic acids is 1. The average Bonchev–Trinajstić information content (AvgIpc) is 3.43. The van der Waals surface area contributed by atoms with Gasteiger partial charge in [0.25, 0.3) is 11.6 Å².